The molecule has 2 aromatic carbocycles. The van der Waals surface area contributed by atoms with Crippen LogP contribution in [-0.2, 0) is 4.79 Å². The number of aromatic nitrogens is 1. The van der Waals surface area contributed by atoms with Gasteiger partial charge in [-0.3, -0.25) is 9.78 Å². The number of carbonyl (C=O) groups is 1. The topological polar surface area (TPSA) is 90.7 Å². The Morgan fingerprint density at radius 3 is 2.56 bits per heavy atom. The molecule has 3 aromatic rings. The van der Waals surface area contributed by atoms with Gasteiger partial charge in [0.15, 0.2) is 0 Å². The Morgan fingerprint density at radius 2 is 1.91 bits per heavy atom. The number of pyridine rings is 1. The first-order valence-electron chi connectivity index (χ1n) is 10.8. The SMILES string of the molecule is Cc1ccc2nc(C3CC3)c(C=CC(O)CC(O)CC(=O)O)c(-c3ccc(Cl)cc3)c2c1. The lowest BCUT2D eigenvalue weighted by Gasteiger charge is -2.17. The van der Waals surface area contributed by atoms with Gasteiger partial charge in [-0.1, -0.05) is 47.5 Å². The quantitative estimate of drug-likeness (QED) is 0.430. The summed E-state index contributed by atoms with van der Waals surface area (Å²) < 4.78 is 0. The van der Waals surface area contributed by atoms with Crippen molar-refractivity contribution in [2.45, 2.75) is 50.7 Å². The highest BCUT2D eigenvalue weighted by molar-refractivity contribution is 6.30. The van der Waals surface area contributed by atoms with E-state index >= 15 is 0 Å². The number of aliphatic hydroxyl groups excluding tert-OH is 2. The molecule has 0 saturated heterocycles. The number of aliphatic carboxylic acids is 1. The Balaban J connectivity index is 1.82. The molecule has 3 N–H and O–H groups in total. The fraction of sp³-hybridized carbons (Fsp3) is 0.308. The lowest BCUT2D eigenvalue weighted by atomic mass is 9.91. The van der Waals surface area contributed by atoms with Gasteiger partial charge in [0, 0.05) is 33.9 Å². The van der Waals surface area contributed by atoms with Crippen molar-refractivity contribution in [3.05, 3.63) is 70.4 Å². The number of rotatable bonds is 8. The summed E-state index contributed by atoms with van der Waals surface area (Å²) in [5, 5.41) is 30.8. The number of hydrogen-bond acceptors (Lipinski definition) is 4. The Morgan fingerprint density at radius 1 is 1.19 bits per heavy atom. The van der Waals surface area contributed by atoms with Gasteiger partial charge in [0.1, 0.15) is 0 Å². The maximum absolute atomic E-state index is 10.8. The summed E-state index contributed by atoms with van der Waals surface area (Å²) in [4.78, 5) is 15.8. The molecule has 0 radical (unpaired) electrons. The van der Waals surface area contributed by atoms with Crippen LogP contribution in [0.15, 0.2) is 48.5 Å². The van der Waals surface area contributed by atoms with Crippen LogP contribution >= 0.6 is 11.6 Å². The molecule has 0 aliphatic heterocycles. The van der Waals surface area contributed by atoms with Crippen molar-refractivity contribution in [3.63, 3.8) is 0 Å². The average molecular weight is 452 g/mol. The highest BCUT2D eigenvalue weighted by atomic mass is 35.5. The first-order chi connectivity index (χ1) is 15.3. The van der Waals surface area contributed by atoms with Crippen LogP contribution in [-0.4, -0.2) is 38.5 Å². The first-order valence-corrected chi connectivity index (χ1v) is 11.2. The molecule has 1 fully saturated rings. The van der Waals surface area contributed by atoms with Crippen LogP contribution in [0.3, 0.4) is 0 Å². The molecule has 6 heteroatoms. The van der Waals surface area contributed by atoms with Crippen molar-refractivity contribution in [2.24, 2.45) is 0 Å². The highest BCUT2D eigenvalue weighted by Gasteiger charge is 2.29. The minimum atomic E-state index is -1.11. The maximum atomic E-state index is 10.8. The number of aliphatic hydroxyl groups is 2. The van der Waals surface area contributed by atoms with E-state index < -0.39 is 24.6 Å². The van der Waals surface area contributed by atoms with E-state index in [4.69, 9.17) is 21.7 Å². The predicted octanol–water partition coefficient (Wildman–Crippen LogP) is 5.34. The number of benzene rings is 2. The first kappa shape index (κ1) is 22.5. The molecule has 1 saturated carbocycles. The van der Waals surface area contributed by atoms with Crippen molar-refractivity contribution in [2.75, 3.05) is 0 Å². The summed E-state index contributed by atoms with van der Waals surface area (Å²) in [6.07, 6.45) is 3.12. The molecule has 166 valence electrons. The molecule has 1 heterocycles. The normalized spacial score (nSPS) is 15.9. The standard InChI is InChI=1S/C26H26ClNO4/c1-15-2-11-23-22(12-15)25(16-5-7-18(27)8-6-16)21(26(28-23)17-3-4-17)10-9-19(29)13-20(30)14-24(31)32/h2,5-12,17,19-20,29-30H,3-4,13-14H2,1H3,(H,31,32). The third kappa shape index (κ3) is 5.18. The molecule has 4 rings (SSSR count). The van der Waals surface area contributed by atoms with E-state index in [0.29, 0.717) is 10.9 Å². The summed E-state index contributed by atoms with van der Waals surface area (Å²) in [6.45, 7) is 2.04. The second-order valence-corrected chi connectivity index (χ2v) is 8.94. The number of nitrogens with zero attached hydrogens (tertiary/aromatic N) is 1. The van der Waals surface area contributed by atoms with E-state index in [9.17, 15) is 15.0 Å². The number of halogens is 1. The van der Waals surface area contributed by atoms with Gasteiger partial charge in [-0.25, -0.2) is 0 Å². The third-order valence-corrected chi connectivity index (χ3v) is 5.97. The fourth-order valence-electron chi connectivity index (χ4n) is 4.02. The van der Waals surface area contributed by atoms with Gasteiger partial charge in [0.2, 0.25) is 0 Å². The Hall–Kier alpha value is -2.73. The second kappa shape index (κ2) is 9.41. The number of carboxylic acids is 1. The zero-order valence-corrected chi connectivity index (χ0v) is 18.6. The fourth-order valence-corrected chi connectivity index (χ4v) is 4.15. The summed E-state index contributed by atoms with van der Waals surface area (Å²) in [5.74, 6) is -0.718. The van der Waals surface area contributed by atoms with Crippen molar-refractivity contribution in [1.29, 1.82) is 0 Å². The number of aryl methyl sites for hydroxylation is 1. The van der Waals surface area contributed by atoms with Crippen molar-refractivity contribution in [1.82, 2.24) is 4.98 Å². The second-order valence-electron chi connectivity index (χ2n) is 8.50. The minimum absolute atomic E-state index is 0.0437. The monoisotopic (exact) mass is 451 g/mol. The number of fused-ring (bicyclic) bond motifs is 1. The Labute approximate surface area is 192 Å². The van der Waals surface area contributed by atoms with E-state index in [1.165, 1.54) is 0 Å². The molecule has 2 atom stereocenters. The molecule has 0 bridgehead atoms. The largest absolute Gasteiger partial charge is 0.481 e. The molecule has 0 amide bonds. The van der Waals surface area contributed by atoms with Gasteiger partial charge in [-0.05, 0) is 49.6 Å². The molecular formula is C26H26ClNO4. The summed E-state index contributed by atoms with van der Waals surface area (Å²) in [5.41, 5.74) is 6.04. The molecule has 1 aliphatic carbocycles. The van der Waals surface area contributed by atoms with Gasteiger partial charge in [0.25, 0.3) is 0 Å². The van der Waals surface area contributed by atoms with Gasteiger partial charge in [-0.15, -0.1) is 0 Å². The van der Waals surface area contributed by atoms with Gasteiger partial charge in [-0.2, -0.15) is 0 Å². The molecule has 1 aromatic heterocycles. The van der Waals surface area contributed by atoms with Crippen LogP contribution in [0.25, 0.3) is 28.1 Å². The maximum Gasteiger partial charge on any atom is 0.305 e. The van der Waals surface area contributed by atoms with E-state index in [1.54, 1.807) is 6.08 Å². The Bertz CT molecular complexity index is 1170. The molecule has 0 spiro atoms. The number of hydrogen-bond donors (Lipinski definition) is 3. The minimum Gasteiger partial charge on any atom is -0.481 e. The smallest absolute Gasteiger partial charge is 0.305 e. The van der Waals surface area contributed by atoms with E-state index in [1.807, 2.05) is 43.3 Å². The van der Waals surface area contributed by atoms with Crippen molar-refractivity contribution >= 4 is 34.5 Å². The van der Waals surface area contributed by atoms with Crippen LogP contribution in [0.5, 0.6) is 0 Å². The van der Waals surface area contributed by atoms with Crippen LogP contribution in [0.2, 0.25) is 5.02 Å². The zero-order valence-electron chi connectivity index (χ0n) is 17.8. The lowest BCUT2D eigenvalue weighted by molar-refractivity contribution is -0.139. The van der Waals surface area contributed by atoms with E-state index in [-0.39, 0.29) is 6.42 Å². The molecule has 2 unspecified atom stereocenters. The Kier molecular flexibility index (Phi) is 6.60. The van der Waals surface area contributed by atoms with Crippen molar-refractivity contribution < 1.29 is 20.1 Å². The van der Waals surface area contributed by atoms with Crippen LogP contribution < -0.4 is 0 Å². The summed E-state index contributed by atoms with van der Waals surface area (Å²) in [6, 6.07) is 13.9. The predicted molar refractivity (Wildman–Crippen MR) is 127 cm³/mol. The zero-order chi connectivity index (χ0) is 22.8. The van der Waals surface area contributed by atoms with E-state index in [0.717, 1.165) is 51.7 Å². The van der Waals surface area contributed by atoms with Crippen LogP contribution in [0.1, 0.15) is 48.4 Å². The average Bonchev–Trinajstić information content (AvgIpc) is 3.56. The van der Waals surface area contributed by atoms with Crippen LogP contribution in [0.4, 0.5) is 0 Å². The molecule has 1 aliphatic rings. The van der Waals surface area contributed by atoms with Crippen molar-refractivity contribution in [3.8, 4) is 11.1 Å². The molecule has 32 heavy (non-hydrogen) atoms. The molecular weight excluding hydrogens is 426 g/mol. The van der Waals surface area contributed by atoms with Gasteiger partial charge in [0.05, 0.1) is 29.8 Å². The highest BCUT2D eigenvalue weighted by Crippen LogP contribution is 2.45. The number of carboxylic acid groups (broad SMARTS) is 1. The summed E-state index contributed by atoms with van der Waals surface area (Å²) in [7, 11) is 0. The third-order valence-electron chi connectivity index (χ3n) is 5.71. The van der Waals surface area contributed by atoms with Gasteiger partial charge < -0.3 is 15.3 Å². The lowest BCUT2D eigenvalue weighted by Crippen LogP contribution is -2.19. The summed E-state index contributed by atoms with van der Waals surface area (Å²) >= 11 is 6.14. The van der Waals surface area contributed by atoms with Gasteiger partial charge >= 0.3 is 5.97 Å². The van der Waals surface area contributed by atoms with E-state index in [2.05, 4.69) is 12.1 Å². The molecule has 5 nitrogen and oxygen atoms in total. The van der Waals surface area contributed by atoms with Crippen LogP contribution in [0, 0.1) is 6.92 Å².